The topological polar surface area (TPSA) is 50.7 Å². The number of aryl methyl sites for hydroxylation is 2. The van der Waals surface area contributed by atoms with Crippen LogP contribution < -0.4 is 10.2 Å². The highest BCUT2D eigenvalue weighted by Gasteiger charge is 2.02. The summed E-state index contributed by atoms with van der Waals surface area (Å²) in [6, 6.07) is 13.4. The van der Waals surface area contributed by atoms with Crippen LogP contribution >= 0.6 is 15.9 Å². The molecule has 0 heterocycles. The smallest absolute Gasteiger partial charge is 0.277 e. The number of carbonyl (C=O) groups is 1. The van der Waals surface area contributed by atoms with E-state index in [1.807, 2.05) is 50.2 Å². The molecular weight excluding hydrogens is 344 g/mol. The summed E-state index contributed by atoms with van der Waals surface area (Å²) in [5.41, 5.74) is 5.60. The van der Waals surface area contributed by atoms with E-state index >= 15 is 0 Å². The second-order valence-corrected chi connectivity index (χ2v) is 5.76. The van der Waals surface area contributed by atoms with Crippen LogP contribution in [0, 0.1) is 13.8 Å². The van der Waals surface area contributed by atoms with Crippen molar-refractivity contribution in [3.8, 4) is 5.75 Å². The highest BCUT2D eigenvalue weighted by Crippen LogP contribution is 2.21. The quantitative estimate of drug-likeness (QED) is 0.654. The van der Waals surface area contributed by atoms with E-state index in [1.54, 1.807) is 12.3 Å². The monoisotopic (exact) mass is 360 g/mol. The van der Waals surface area contributed by atoms with Crippen molar-refractivity contribution in [2.45, 2.75) is 13.8 Å². The van der Waals surface area contributed by atoms with Crippen molar-refractivity contribution in [1.82, 2.24) is 5.43 Å². The first kappa shape index (κ1) is 16.2. The third kappa shape index (κ3) is 5.00. The molecule has 2 aromatic rings. The van der Waals surface area contributed by atoms with Gasteiger partial charge < -0.3 is 4.74 Å². The normalized spacial score (nSPS) is 10.7. The SMILES string of the molecule is Cc1ccc(C=NNC(=O)COc2ccc(Br)c(C)c2)cc1. The fourth-order valence-corrected chi connectivity index (χ4v) is 1.97. The van der Waals surface area contributed by atoms with Gasteiger partial charge in [0.2, 0.25) is 0 Å². The molecule has 0 fully saturated rings. The lowest BCUT2D eigenvalue weighted by atomic mass is 10.2. The van der Waals surface area contributed by atoms with E-state index in [9.17, 15) is 4.79 Å². The summed E-state index contributed by atoms with van der Waals surface area (Å²) < 4.78 is 6.42. The predicted molar refractivity (Wildman–Crippen MR) is 91.3 cm³/mol. The first-order valence-electron chi connectivity index (χ1n) is 6.82. The molecule has 0 unspecified atom stereocenters. The third-order valence-corrected chi connectivity index (χ3v) is 3.87. The van der Waals surface area contributed by atoms with E-state index in [2.05, 4.69) is 26.5 Å². The molecule has 114 valence electrons. The number of benzene rings is 2. The van der Waals surface area contributed by atoms with Crippen molar-refractivity contribution in [3.63, 3.8) is 0 Å². The number of hydrogen-bond donors (Lipinski definition) is 1. The molecule has 0 saturated heterocycles. The van der Waals surface area contributed by atoms with Crippen LogP contribution in [0.2, 0.25) is 0 Å². The Kier molecular flexibility index (Phi) is 5.72. The zero-order chi connectivity index (χ0) is 15.9. The number of halogens is 1. The number of nitrogens with zero attached hydrogens (tertiary/aromatic N) is 1. The molecule has 0 spiro atoms. The van der Waals surface area contributed by atoms with Gasteiger partial charge in [-0.3, -0.25) is 4.79 Å². The van der Waals surface area contributed by atoms with E-state index in [-0.39, 0.29) is 12.5 Å². The zero-order valence-corrected chi connectivity index (χ0v) is 14.1. The minimum Gasteiger partial charge on any atom is -0.484 e. The highest BCUT2D eigenvalue weighted by molar-refractivity contribution is 9.10. The van der Waals surface area contributed by atoms with Crippen LogP contribution in [-0.4, -0.2) is 18.7 Å². The van der Waals surface area contributed by atoms with Crippen molar-refractivity contribution in [1.29, 1.82) is 0 Å². The fourth-order valence-electron chi connectivity index (χ4n) is 1.72. The van der Waals surface area contributed by atoms with Gasteiger partial charge in [0.25, 0.3) is 5.91 Å². The molecule has 0 saturated carbocycles. The Morgan fingerprint density at radius 2 is 1.95 bits per heavy atom. The molecule has 4 nitrogen and oxygen atoms in total. The third-order valence-electron chi connectivity index (χ3n) is 2.98. The van der Waals surface area contributed by atoms with Gasteiger partial charge in [0.05, 0.1) is 6.21 Å². The average Bonchev–Trinajstić information content (AvgIpc) is 2.50. The standard InChI is InChI=1S/C17H17BrN2O2/c1-12-3-5-14(6-4-12)10-19-20-17(21)11-22-15-7-8-16(18)13(2)9-15/h3-10H,11H2,1-2H3,(H,20,21). The van der Waals surface area contributed by atoms with Crippen LogP contribution in [0.3, 0.4) is 0 Å². The Hall–Kier alpha value is -2.14. The number of rotatable bonds is 5. The summed E-state index contributed by atoms with van der Waals surface area (Å²) in [5.74, 6) is 0.349. The van der Waals surface area contributed by atoms with E-state index in [0.717, 1.165) is 15.6 Å². The highest BCUT2D eigenvalue weighted by atomic mass is 79.9. The van der Waals surface area contributed by atoms with Gasteiger partial charge in [0.15, 0.2) is 6.61 Å². The van der Waals surface area contributed by atoms with Gasteiger partial charge in [-0.1, -0.05) is 45.8 Å². The molecule has 0 aliphatic carbocycles. The maximum Gasteiger partial charge on any atom is 0.277 e. The van der Waals surface area contributed by atoms with Crippen LogP contribution in [0.15, 0.2) is 52.0 Å². The summed E-state index contributed by atoms with van der Waals surface area (Å²) in [7, 11) is 0. The van der Waals surface area contributed by atoms with Crippen molar-refractivity contribution in [2.75, 3.05) is 6.61 Å². The molecule has 0 atom stereocenters. The number of hydrogen-bond acceptors (Lipinski definition) is 3. The van der Waals surface area contributed by atoms with Crippen molar-refractivity contribution in [3.05, 3.63) is 63.6 Å². The molecule has 0 bridgehead atoms. The van der Waals surface area contributed by atoms with Crippen LogP contribution in [0.4, 0.5) is 0 Å². The van der Waals surface area contributed by atoms with Crippen LogP contribution in [0.1, 0.15) is 16.7 Å². The summed E-state index contributed by atoms with van der Waals surface area (Å²) in [6.07, 6.45) is 1.60. The summed E-state index contributed by atoms with van der Waals surface area (Å²) in [6.45, 7) is 3.90. The average molecular weight is 361 g/mol. The lowest BCUT2D eigenvalue weighted by Crippen LogP contribution is -2.24. The second kappa shape index (κ2) is 7.75. The number of nitrogens with one attached hydrogen (secondary N) is 1. The first-order chi connectivity index (χ1) is 10.5. The minimum atomic E-state index is -0.302. The lowest BCUT2D eigenvalue weighted by molar-refractivity contribution is -0.123. The van der Waals surface area contributed by atoms with E-state index in [1.165, 1.54) is 5.56 Å². The van der Waals surface area contributed by atoms with E-state index < -0.39 is 0 Å². The van der Waals surface area contributed by atoms with Gasteiger partial charge in [-0.25, -0.2) is 5.43 Å². The molecule has 22 heavy (non-hydrogen) atoms. The van der Waals surface area contributed by atoms with Gasteiger partial charge in [0.1, 0.15) is 5.75 Å². The van der Waals surface area contributed by atoms with Crippen molar-refractivity contribution >= 4 is 28.1 Å². The largest absolute Gasteiger partial charge is 0.484 e. The Morgan fingerprint density at radius 1 is 1.23 bits per heavy atom. The Bertz CT molecular complexity index is 682. The Labute approximate surface area is 138 Å². The van der Waals surface area contributed by atoms with E-state index in [0.29, 0.717) is 5.75 Å². The summed E-state index contributed by atoms with van der Waals surface area (Å²) in [4.78, 5) is 11.7. The number of ether oxygens (including phenoxy) is 1. The molecule has 0 radical (unpaired) electrons. The number of hydrazone groups is 1. The van der Waals surface area contributed by atoms with Gasteiger partial charge in [-0.2, -0.15) is 5.10 Å². The molecule has 2 rings (SSSR count). The maximum absolute atomic E-state index is 11.7. The Balaban J connectivity index is 1.80. The molecule has 1 N–H and O–H groups in total. The van der Waals surface area contributed by atoms with E-state index in [4.69, 9.17) is 4.74 Å². The molecule has 0 aromatic heterocycles. The fraction of sp³-hybridized carbons (Fsp3) is 0.176. The van der Waals surface area contributed by atoms with Gasteiger partial charge in [-0.05, 0) is 43.2 Å². The van der Waals surface area contributed by atoms with Crippen molar-refractivity contribution < 1.29 is 9.53 Å². The molecule has 0 aliphatic rings. The Morgan fingerprint density at radius 3 is 2.64 bits per heavy atom. The molecular formula is C17H17BrN2O2. The zero-order valence-electron chi connectivity index (χ0n) is 12.5. The molecule has 5 heteroatoms. The first-order valence-corrected chi connectivity index (χ1v) is 7.61. The molecule has 0 aliphatic heterocycles. The lowest BCUT2D eigenvalue weighted by Gasteiger charge is -2.06. The number of carbonyl (C=O) groups excluding carboxylic acids is 1. The maximum atomic E-state index is 11.7. The minimum absolute atomic E-state index is 0.0771. The van der Waals surface area contributed by atoms with Crippen molar-refractivity contribution in [2.24, 2.45) is 5.10 Å². The van der Waals surface area contributed by atoms with Gasteiger partial charge in [0, 0.05) is 4.47 Å². The van der Waals surface area contributed by atoms with Crippen LogP contribution in [0.5, 0.6) is 5.75 Å². The molecule has 1 amide bonds. The van der Waals surface area contributed by atoms with Crippen LogP contribution in [0.25, 0.3) is 0 Å². The van der Waals surface area contributed by atoms with Crippen LogP contribution in [-0.2, 0) is 4.79 Å². The summed E-state index contributed by atoms with van der Waals surface area (Å²) >= 11 is 3.42. The van der Waals surface area contributed by atoms with Gasteiger partial charge >= 0.3 is 0 Å². The number of amides is 1. The molecule has 2 aromatic carbocycles. The summed E-state index contributed by atoms with van der Waals surface area (Å²) in [5, 5.41) is 3.90. The van der Waals surface area contributed by atoms with Gasteiger partial charge in [-0.15, -0.1) is 0 Å². The second-order valence-electron chi connectivity index (χ2n) is 4.90. The predicted octanol–water partition coefficient (Wildman–Crippen LogP) is 3.60.